The van der Waals surface area contributed by atoms with Gasteiger partial charge in [0.05, 0.1) is 35.4 Å². The van der Waals surface area contributed by atoms with Crippen molar-refractivity contribution in [3.63, 3.8) is 0 Å². The van der Waals surface area contributed by atoms with Gasteiger partial charge in [0.1, 0.15) is 0 Å². The van der Waals surface area contributed by atoms with Crippen LogP contribution in [0.25, 0.3) is 0 Å². The summed E-state index contributed by atoms with van der Waals surface area (Å²) in [6, 6.07) is 0.0420. The first-order valence-corrected chi connectivity index (χ1v) is 9.87. The molecule has 2 heterocycles. The minimum Gasteiger partial charge on any atom is -0.325 e. The SMILES string of the molecule is CNC(c1cnc(/N=C(\C(C)=N)C2CCCCN2)[nH]1)C1CCC(F)(F)CC1. The lowest BCUT2D eigenvalue weighted by Gasteiger charge is -2.33. The molecule has 8 heteroatoms. The quantitative estimate of drug-likeness (QED) is 0.567. The number of rotatable bonds is 6. The number of nitrogens with one attached hydrogen (secondary N) is 4. The zero-order chi connectivity index (χ0) is 19.4. The molecule has 0 radical (unpaired) electrons. The summed E-state index contributed by atoms with van der Waals surface area (Å²) in [5, 5.41) is 14.7. The van der Waals surface area contributed by atoms with Gasteiger partial charge in [-0.25, -0.2) is 18.8 Å². The highest BCUT2D eigenvalue weighted by atomic mass is 19.3. The lowest BCUT2D eigenvalue weighted by molar-refractivity contribution is -0.0496. The van der Waals surface area contributed by atoms with E-state index in [9.17, 15) is 8.78 Å². The van der Waals surface area contributed by atoms with Crippen LogP contribution in [0.5, 0.6) is 0 Å². The van der Waals surface area contributed by atoms with Crippen LogP contribution in [0.2, 0.25) is 0 Å². The van der Waals surface area contributed by atoms with Gasteiger partial charge in [-0.05, 0) is 52.1 Å². The molecule has 0 bridgehead atoms. The first-order chi connectivity index (χ1) is 12.9. The molecular formula is C19H30F2N6. The normalized spacial score (nSPS) is 25.3. The van der Waals surface area contributed by atoms with E-state index in [0.29, 0.717) is 30.2 Å². The third-order valence-corrected chi connectivity index (χ3v) is 5.71. The second-order valence-corrected chi connectivity index (χ2v) is 7.75. The Kier molecular flexibility index (Phi) is 6.37. The molecule has 0 amide bonds. The predicted molar refractivity (Wildman–Crippen MR) is 103 cm³/mol. The average molecular weight is 380 g/mol. The van der Waals surface area contributed by atoms with Crippen LogP contribution in [0.1, 0.15) is 63.6 Å². The predicted octanol–water partition coefficient (Wildman–Crippen LogP) is 3.75. The van der Waals surface area contributed by atoms with Gasteiger partial charge in [-0.3, -0.25) is 0 Å². The molecule has 2 aliphatic rings. The van der Waals surface area contributed by atoms with E-state index < -0.39 is 5.92 Å². The molecule has 1 aliphatic heterocycles. The Labute approximate surface area is 159 Å². The summed E-state index contributed by atoms with van der Waals surface area (Å²) in [5.74, 6) is -1.90. The van der Waals surface area contributed by atoms with Crippen LogP contribution >= 0.6 is 0 Å². The first-order valence-electron chi connectivity index (χ1n) is 9.87. The third kappa shape index (κ3) is 4.99. The Balaban J connectivity index is 1.74. The number of halogens is 2. The van der Waals surface area contributed by atoms with Crippen molar-refractivity contribution in [1.82, 2.24) is 20.6 Å². The second-order valence-electron chi connectivity index (χ2n) is 7.75. The van der Waals surface area contributed by atoms with Gasteiger partial charge in [0.15, 0.2) is 0 Å². The molecule has 0 aromatic carbocycles. The van der Waals surface area contributed by atoms with E-state index in [1.807, 2.05) is 7.05 Å². The summed E-state index contributed by atoms with van der Waals surface area (Å²) < 4.78 is 26.9. The number of aromatic amines is 1. The van der Waals surface area contributed by atoms with Crippen molar-refractivity contribution in [2.45, 2.75) is 69.9 Å². The van der Waals surface area contributed by atoms with E-state index in [0.717, 1.165) is 31.5 Å². The van der Waals surface area contributed by atoms with Crippen LogP contribution in [-0.4, -0.2) is 46.9 Å². The number of nitrogens with zero attached hydrogens (tertiary/aromatic N) is 2. The maximum Gasteiger partial charge on any atom is 0.248 e. The topological polar surface area (TPSA) is 88.9 Å². The zero-order valence-corrected chi connectivity index (χ0v) is 16.1. The number of hydrogen-bond donors (Lipinski definition) is 4. The maximum atomic E-state index is 13.5. The van der Waals surface area contributed by atoms with Crippen molar-refractivity contribution >= 4 is 17.4 Å². The monoisotopic (exact) mass is 380 g/mol. The Hall–Kier alpha value is -1.67. The average Bonchev–Trinajstić information content (AvgIpc) is 3.10. The number of H-pyrrole nitrogens is 1. The van der Waals surface area contributed by atoms with Gasteiger partial charge in [0, 0.05) is 12.8 Å². The minimum atomic E-state index is -2.53. The fraction of sp³-hybridized carbons (Fsp3) is 0.737. The van der Waals surface area contributed by atoms with Crippen LogP contribution in [0, 0.1) is 11.3 Å². The lowest BCUT2D eigenvalue weighted by Crippen LogP contribution is -2.43. The molecule has 1 aliphatic carbocycles. The molecule has 150 valence electrons. The fourth-order valence-corrected chi connectivity index (χ4v) is 4.20. The van der Waals surface area contributed by atoms with Gasteiger partial charge < -0.3 is 21.0 Å². The summed E-state index contributed by atoms with van der Waals surface area (Å²) in [6.45, 7) is 2.69. The number of alkyl halides is 2. The molecule has 2 unspecified atom stereocenters. The van der Waals surface area contributed by atoms with Gasteiger partial charge in [-0.15, -0.1) is 0 Å². The standard InChI is InChI=1S/C19H30F2N6/c1-12(22)16(14-5-3-4-10-24-14)27-18-25-11-15(26-18)17(23-2)13-6-8-19(20,21)9-7-13/h11,13-14,17,22-24H,3-10H2,1-2H3,(H,25,26)/b22-12?,27-16+. The number of imidazole rings is 1. The van der Waals surface area contributed by atoms with Crippen LogP contribution in [0.3, 0.4) is 0 Å². The van der Waals surface area contributed by atoms with Crippen molar-refractivity contribution < 1.29 is 8.78 Å². The summed E-state index contributed by atoms with van der Waals surface area (Å²) >= 11 is 0. The molecule has 2 fully saturated rings. The highest BCUT2D eigenvalue weighted by molar-refractivity contribution is 6.42. The first kappa shape index (κ1) is 20.1. The van der Waals surface area contributed by atoms with Gasteiger partial charge in [-0.1, -0.05) is 6.42 Å². The van der Waals surface area contributed by atoms with Gasteiger partial charge in [0.25, 0.3) is 0 Å². The van der Waals surface area contributed by atoms with Crippen molar-refractivity contribution in [2.75, 3.05) is 13.6 Å². The highest BCUT2D eigenvalue weighted by Gasteiger charge is 2.38. The number of piperidine rings is 1. The summed E-state index contributed by atoms with van der Waals surface area (Å²) in [4.78, 5) is 12.2. The Morgan fingerprint density at radius 1 is 1.33 bits per heavy atom. The van der Waals surface area contributed by atoms with Crippen LogP contribution < -0.4 is 10.6 Å². The molecule has 2 atom stereocenters. The van der Waals surface area contributed by atoms with E-state index in [1.54, 1.807) is 13.1 Å². The summed E-state index contributed by atoms with van der Waals surface area (Å²) in [5.41, 5.74) is 2.02. The molecule has 6 nitrogen and oxygen atoms in total. The minimum absolute atomic E-state index is 0.0464. The molecule has 1 saturated heterocycles. The Bertz CT molecular complexity index is 667. The van der Waals surface area contributed by atoms with Crippen molar-refractivity contribution in [1.29, 1.82) is 5.41 Å². The number of hydrogen-bond acceptors (Lipinski definition) is 5. The molecule has 27 heavy (non-hydrogen) atoms. The Morgan fingerprint density at radius 2 is 2.07 bits per heavy atom. The lowest BCUT2D eigenvalue weighted by atomic mass is 9.81. The van der Waals surface area contributed by atoms with Crippen molar-refractivity contribution in [2.24, 2.45) is 10.9 Å². The van der Waals surface area contributed by atoms with E-state index >= 15 is 0 Å². The van der Waals surface area contributed by atoms with Gasteiger partial charge >= 0.3 is 0 Å². The van der Waals surface area contributed by atoms with E-state index in [2.05, 4.69) is 25.6 Å². The molecule has 3 rings (SSSR count). The van der Waals surface area contributed by atoms with E-state index in [4.69, 9.17) is 5.41 Å². The number of aliphatic imine (C=N–C) groups is 1. The summed E-state index contributed by atoms with van der Waals surface area (Å²) in [6.07, 6.45) is 5.85. The zero-order valence-electron chi connectivity index (χ0n) is 16.1. The smallest absolute Gasteiger partial charge is 0.248 e. The van der Waals surface area contributed by atoms with Crippen LogP contribution in [-0.2, 0) is 0 Å². The summed E-state index contributed by atoms with van der Waals surface area (Å²) in [7, 11) is 1.85. The number of aromatic nitrogens is 2. The maximum absolute atomic E-state index is 13.5. The molecule has 1 aromatic heterocycles. The Morgan fingerprint density at radius 3 is 2.67 bits per heavy atom. The molecule has 0 spiro atoms. The van der Waals surface area contributed by atoms with Gasteiger partial charge in [-0.2, -0.15) is 0 Å². The molecule has 4 N–H and O–H groups in total. The van der Waals surface area contributed by atoms with Crippen molar-refractivity contribution in [3.05, 3.63) is 11.9 Å². The molecule has 1 aromatic rings. The van der Waals surface area contributed by atoms with E-state index in [-0.39, 0.29) is 30.8 Å². The van der Waals surface area contributed by atoms with Crippen LogP contribution in [0.4, 0.5) is 14.7 Å². The van der Waals surface area contributed by atoms with E-state index in [1.165, 1.54) is 0 Å². The van der Waals surface area contributed by atoms with Crippen molar-refractivity contribution in [3.8, 4) is 0 Å². The molecule has 1 saturated carbocycles. The fourth-order valence-electron chi connectivity index (χ4n) is 4.20. The second kappa shape index (κ2) is 8.56. The van der Waals surface area contributed by atoms with Crippen LogP contribution in [0.15, 0.2) is 11.2 Å². The third-order valence-electron chi connectivity index (χ3n) is 5.71. The van der Waals surface area contributed by atoms with Gasteiger partial charge in [0.2, 0.25) is 11.9 Å². The highest BCUT2D eigenvalue weighted by Crippen LogP contribution is 2.41. The molecular weight excluding hydrogens is 350 g/mol. The largest absolute Gasteiger partial charge is 0.325 e.